The zero-order valence-electron chi connectivity index (χ0n) is 21.3. The largest absolute Gasteiger partial charge is 0.444 e. The van der Waals surface area contributed by atoms with Gasteiger partial charge in [-0.05, 0) is 76.9 Å². The van der Waals surface area contributed by atoms with Crippen molar-refractivity contribution in [1.29, 1.82) is 0 Å². The molecular weight excluding hydrogens is 511 g/mol. The molecule has 0 bridgehead atoms. The Bertz CT molecular complexity index is 890. The summed E-state index contributed by atoms with van der Waals surface area (Å²) in [5, 5.41) is 11.6. The van der Waals surface area contributed by atoms with Crippen LogP contribution in [0.5, 0.6) is 0 Å². The fourth-order valence-electron chi connectivity index (χ4n) is 2.21. The number of carbonyl (C=O) groups is 2. The summed E-state index contributed by atoms with van der Waals surface area (Å²) in [5.74, 6) is 1.22. The van der Waals surface area contributed by atoms with E-state index >= 15 is 0 Å². The maximum Gasteiger partial charge on any atom is 0.407 e. The van der Waals surface area contributed by atoms with Gasteiger partial charge in [0.05, 0.1) is 0 Å². The number of ether oxygens (including phenoxy) is 2. The van der Waals surface area contributed by atoms with Gasteiger partial charge in [-0.15, -0.1) is 0 Å². The van der Waals surface area contributed by atoms with Crippen molar-refractivity contribution in [3.8, 4) is 0 Å². The first kappa shape index (κ1) is 30.9. The first-order valence-corrected chi connectivity index (χ1v) is 11.9. The molecule has 2 heterocycles. The summed E-state index contributed by atoms with van der Waals surface area (Å²) in [6, 6.07) is 3.39. The van der Waals surface area contributed by atoms with Gasteiger partial charge in [0.2, 0.25) is 10.6 Å². The summed E-state index contributed by atoms with van der Waals surface area (Å²) in [4.78, 5) is 38.1. The van der Waals surface area contributed by atoms with Crippen molar-refractivity contribution in [2.45, 2.75) is 52.7 Å². The number of carbonyl (C=O) groups excluding carboxylic acids is 2. The average molecular weight is 545 g/mol. The van der Waals surface area contributed by atoms with Gasteiger partial charge in [0.1, 0.15) is 22.8 Å². The smallest absolute Gasteiger partial charge is 0.407 e. The van der Waals surface area contributed by atoms with Crippen molar-refractivity contribution in [3.05, 3.63) is 35.1 Å². The van der Waals surface area contributed by atoms with Crippen molar-refractivity contribution >= 4 is 47.0 Å². The third-order valence-corrected chi connectivity index (χ3v) is 3.82. The predicted octanol–water partition coefficient (Wildman–Crippen LogP) is 4.13. The highest BCUT2D eigenvalue weighted by atomic mass is 35.5. The summed E-state index contributed by atoms with van der Waals surface area (Å²) in [7, 11) is 0. The fraction of sp³-hybridized carbons (Fsp3) is 0.545. The Kier molecular flexibility index (Phi) is 13.0. The maximum absolute atomic E-state index is 11.3. The van der Waals surface area contributed by atoms with Crippen LogP contribution < -0.4 is 21.3 Å². The van der Waals surface area contributed by atoms with Crippen LogP contribution in [0.25, 0.3) is 0 Å². The molecule has 2 aromatic rings. The van der Waals surface area contributed by atoms with Gasteiger partial charge in [-0.2, -0.15) is 0 Å². The molecular formula is C22H34Cl2N8O4. The van der Waals surface area contributed by atoms with E-state index in [9.17, 15) is 9.59 Å². The lowest BCUT2D eigenvalue weighted by molar-refractivity contribution is 0.0518. The Balaban J connectivity index is 0.000000360. The zero-order valence-corrected chi connectivity index (χ0v) is 22.8. The molecule has 12 nitrogen and oxygen atoms in total. The molecule has 0 fully saturated rings. The molecule has 0 atom stereocenters. The number of anilines is 2. The standard InChI is InChI=1S/2C11H17ClN4O2/c2*1-11(2,3)18-10(17)15-7-6-13-8-4-5-14-9(12)16-8/h2*4-5H,6-7H2,1-3H3,(H,15,17)(H,13,14,16). The number of halogens is 2. The van der Waals surface area contributed by atoms with Crippen LogP contribution in [-0.2, 0) is 9.47 Å². The van der Waals surface area contributed by atoms with Crippen molar-refractivity contribution in [3.63, 3.8) is 0 Å². The molecule has 0 aliphatic carbocycles. The molecule has 4 N–H and O–H groups in total. The Morgan fingerprint density at radius 3 is 1.39 bits per heavy atom. The number of alkyl carbamates (subject to hydrolysis) is 2. The molecule has 0 saturated heterocycles. The van der Waals surface area contributed by atoms with Gasteiger partial charge in [0.15, 0.2) is 0 Å². The Hall–Kier alpha value is -3.12. The minimum atomic E-state index is -0.488. The number of hydrogen-bond donors (Lipinski definition) is 4. The Labute approximate surface area is 221 Å². The van der Waals surface area contributed by atoms with Gasteiger partial charge in [-0.3, -0.25) is 0 Å². The molecule has 0 aliphatic rings. The number of rotatable bonds is 8. The van der Waals surface area contributed by atoms with E-state index in [1.54, 1.807) is 24.5 Å². The molecule has 0 saturated carbocycles. The van der Waals surface area contributed by atoms with Crippen molar-refractivity contribution in [1.82, 2.24) is 30.6 Å². The summed E-state index contributed by atoms with van der Waals surface area (Å²) < 4.78 is 10.2. The normalized spacial score (nSPS) is 10.9. The monoisotopic (exact) mass is 544 g/mol. The molecule has 200 valence electrons. The SMILES string of the molecule is CC(C)(C)OC(=O)NCCNc1ccnc(Cl)n1.CC(C)(C)OC(=O)NCCNc1ccnc(Cl)n1. The number of aromatic nitrogens is 4. The topological polar surface area (TPSA) is 152 Å². The second-order valence-electron chi connectivity index (χ2n) is 9.13. The lowest BCUT2D eigenvalue weighted by atomic mass is 10.2. The van der Waals surface area contributed by atoms with Gasteiger partial charge in [-0.1, -0.05) is 0 Å². The fourth-order valence-corrected chi connectivity index (χ4v) is 2.50. The minimum Gasteiger partial charge on any atom is -0.444 e. The van der Waals surface area contributed by atoms with Crippen LogP contribution in [-0.4, -0.2) is 69.5 Å². The highest BCUT2D eigenvalue weighted by molar-refractivity contribution is 6.28. The lowest BCUT2D eigenvalue weighted by Gasteiger charge is -2.19. The van der Waals surface area contributed by atoms with E-state index in [0.717, 1.165) is 0 Å². The maximum atomic E-state index is 11.3. The molecule has 36 heavy (non-hydrogen) atoms. The molecule has 0 unspecified atom stereocenters. The van der Waals surface area contributed by atoms with Gasteiger partial charge in [-0.25, -0.2) is 29.5 Å². The van der Waals surface area contributed by atoms with Crippen LogP contribution in [0.4, 0.5) is 21.2 Å². The second-order valence-corrected chi connectivity index (χ2v) is 9.81. The average Bonchev–Trinajstić information content (AvgIpc) is 2.72. The van der Waals surface area contributed by atoms with E-state index in [1.807, 2.05) is 41.5 Å². The van der Waals surface area contributed by atoms with Crippen LogP contribution in [0, 0.1) is 0 Å². The lowest BCUT2D eigenvalue weighted by Crippen LogP contribution is -2.35. The van der Waals surface area contributed by atoms with Gasteiger partial charge in [0, 0.05) is 38.6 Å². The van der Waals surface area contributed by atoms with Crippen LogP contribution in [0.15, 0.2) is 24.5 Å². The van der Waals surface area contributed by atoms with E-state index in [0.29, 0.717) is 37.8 Å². The summed E-state index contributed by atoms with van der Waals surface area (Å²) in [5.41, 5.74) is -0.977. The van der Waals surface area contributed by atoms with E-state index in [-0.39, 0.29) is 10.6 Å². The van der Waals surface area contributed by atoms with E-state index in [4.69, 9.17) is 32.7 Å². The van der Waals surface area contributed by atoms with Crippen molar-refractivity contribution in [2.24, 2.45) is 0 Å². The van der Waals surface area contributed by atoms with E-state index < -0.39 is 23.4 Å². The predicted molar refractivity (Wildman–Crippen MR) is 140 cm³/mol. The number of hydrogen-bond acceptors (Lipinski definition) is 10. The van der Waals surface area contributed by atoms with Crippen molar-refractivity contribution in [2.75, 3.05) is 36.8 Å². The van der Waals surface area contributed by atoms with E-state index in [2.05, 4.69) is 41.2 Å². The molecule has 2 amide bonds. The summed E-state index contributed by atoms with van der Waals surface area (Å²) in [6.07, 6.45) is 2.23. The van der Waals surface area contributed by atoms with E-state index in [1.165, 1.54) is 0 Å². The van der Waals surface area contributed by atoms with Crippen LogP contribution in [0.3, 0.4) is 0 Å². The minimum absolute atomic E-state index is 0.181. The van der Waals surface area contributed by atoms with Gasteiger partial charge < -0.3 is 30.7 Å². The Morgan fingerprint density at radius 2 is 1.08 bits per heavy atom. The summed E-state index contributed by atoms with van der Waals surface area (Å²) in [6.45, 7) is 12.8. The number of nitrogens with one attached hydrogen (secondary N) is 4. The summed E-state index contributed by atoms with van der Waals surface area (Å²) >= 11 is 11.3. The van der Waals surface area contributed by atoms with Gasteiger partial charge in [0.25, 0.3) is 0 Å². The zero-order chi connectivity index (χ0) is 27.2. The first-order chi connectivity index (χ1) is 16.7. The van der Waals surface area contributed by atoms with Crippen LogP contribution in [0.2, 0.25) is 10.6 Å². The van der Waals surface area contributed by atoms with Gasteiger partial charge >= 0.3 is 12.2 Å². The van der Waals surface area contributed by atoms with Crippen LogP contribution >= 0.6 is 23.2 Å². The highest BCUT2D eigenvalue weighted by Gasteiger charge is 2.16. The van der Waals surface area contributed by atoms with Crippen LogP contribution in [0.1, 0.15) is 41.5 Å². The highest BCUT2D eigenvalue weighted by Crippen LogP contribution is 2.08. The van der Waals surface area contributed by atoms with Crippen molar-refractivity contribution < 1.29 is 19.1 Å². The Morgan fingerprint density at radius 1 is 0.722 bits per heavy atom. The molecule has 0 aromatic carbocycles. The third kappa shape index (κ3) is 16.5. The molecule has 0 aliphatic heterocycles. The molecule has 2 aromatic heterocycles. The molecule has 14 heteroatoms. The first-order valence-electron chi connectivity index (χ1n) is 11.1. The number of amides is 2. The number of nitrogens with zero attached hydrogens (tertiary/aromatic N) is 4. The molecule has 2 rings (SSSR count). The third-order valence-electron chi connectivity index (χ3n) is 3.45. The molecule has 0 radical (unpaired) electrons. The second kappa shape index (κ2) is 15.1. The quantitative estimate of drug-likeness (QED) is 0.281. The molecule has 0 spiro atoms.